The van der Waals surface area contributed by atoms with Gasteiger partial charge in [-0.15, -0.1) is 0 Å². The molecule has 24 heavy (non-hydrogen) atoms. The largest absolute Gasteiger partial charge is 0.376 e. The Morgan fingerprint density at radius 2 is 1.75 bits per heavy atom. The highest BCUT2D eigenvalue weighted by Crippen LogP contribution is 2.21. The molecule has 1 saturated carbocycles. The number of carbonyl (C=O) groups is 2. The number of para-hydroxylation sites is 1. The van der Waals surface area contributed by atoms with Crippen LogP contribution in [0.3, 0.4) is 0 Å². The molecule has 3 rings (SSSR count). The van der Waals surface area contributed by atoms with Crippen LogP contribution in [0.5, 0.6) is 0 Å². The van der Waals surface area contributed by atoms with Crippen molar-refractivity contribution < 1.29 is 9.59 Å². The lowest BCUT2D eigenvalue weighted by molar-refractivity contribution is -0.114. The topological polar surface area (TPSA) is 70.2 Å². The van der Waals surface area contributed by atoms with Crippen molar-refractivity contribution in [1.82, 2.24) is 5.32 Å². The molecule has 2 aromatic carbocycles. The molecule has 6 heteroatoms. The summed E-state index contributed by atoms with van der Waals surface area (Å²) in [6.07, 6.45) is 2.07. The van der Waals surface area contributed by atoms with Crippen molar-refractivity contribution in [2.75, 3.05) is 17.2 Å². The standard InChI is InChI=1S/C18H18ClN3O2/c19-12-5-7-13(8-6-12)21-17(23)11-20-16-4-2-1-3-15(16)18(24)22-14-9-10-14/h1-8,14,20H,9-11H2,(H,21,23)(H,22,24). The first-order valence-corrected chi connectivity index (χ1v) is 8.19. The molecule has 1 aliphatic carbocycles. The Balaban J connectivity index is 1.58. The van der Waals surface area contributed by atoms with E-state index in [4.69, 9.17) is 11.6 Å². The van der Waals surface area contributed by atoms with Crippen LogP contribution in [0.1, 0.15) is 23.2 Å². The first-order valence-electron chi connectivity index (χ1n) is 7.81. The predicted molar refractivity (Wildman–Crippen MR) is 95.5 cm³/mol. The van der Waals surface area contributed by atoms with E-state index in [2.05, 4.69) is 16.0 Å². The molecule has 0 saturated heterocycles. The first kappa shape index (κ1) is 16.3. The van der Waals surface area contributed by atoms with Gasteiger partial charge in [0.1, 0.15) is 0 Å². The Labute approximate surface area is 145 Å². The fourth-order valence-electron chi connectivity index (χ4n) is 2.24. The predicted octanol–water partition coefficient (Wildman–Crippen LogP) is 3.28. The maximum Gasteiger partial charge on any atom is 0.253 e. The van der Waals surface area contributed by atoms with E-state index < -0.39 is 0 Å². The van der Waals surface area contributed by atoms with Crippen LogP contribution in [0.2, 0.25) is 5.02 Å². The zero-order valence-electron chi connectivity index (χ0n) is 13.0. The van der Waals surface area contributed by atoms with Gasteiger partial charge in [-0.25, -0.2) is 0 Å². The summed E-state index contributed by atoms with van der Waals surface area (Å²) in [5.41, 5.74) is 1.86. The maximum absolute atomic E-state index is 12.2. The average molecular weight is 344 g/mol. The molecule has 0 heterocycles. The monoisotopic (exact) mass is 343 g/mol. The highest BCUT2D eigenvalue weighted by Gasteiger charge is 2.24. The van der Waals surface area contributed by atoms with Gasteiger partial charge < -0.3 is 16.0 Å². The molecule has 2 aromatic rings. The summed E-state index contributed by atoms with van der Waals surface area (Å²) in [6.45, 7) is 0.0658. The average Bonchev–Trinajstić information content (AvgIpc) is 3.39. The molecule has 0 spiro atoms. The molecule has 3 N–H and O–H groups in total. The number of halogens is 1. The third-order valence-corrected chi connectivity index (χ3v) is 3.90. The lowest BCUT2D eigenvalue weighted by Crippen LogP contribution is -2.27. The smallest absolute Gasteiger partial charge is 0.253 e. The fraction of sp³-hybridized carbons (Fsp3) is 0.222. The second-order valence-electron chi connectivity index (χ2n) is 5.70. The molecule has 0 unspecified atom stereocenters. The summed E-state index contributed by atoms with van der Waals surface area (Å²) >= 11 is 5.81. The normalized spacial score (nSPS) is 13.2. The van der Waals surface area contributed by atoms with Gasteiger partial charge in [-0.1, -0.05) is 23.7 Å². The molecular weight excluding hydrogens is 326 g/mol. The van der Waals surface area contributed by atoms with Crippen molar-refractivity contribution in [3.63, 3.8) is 0 Å². The first-order chi connectivity index (χ1) is 11.6. The minimum atomic E-state index is -0.199. The van der Waals surface area contributed by atoms with Crippen LogP contribution in [0.4, 0.5) is 11.4 Å². The third-order valence-electron chi connectivity index (χ3n) is 3.65. The van der Waals surface area contributed by atoms with Crippen LogP contribution < -0.4 is 16.0 Å². The van der Waals surface area contributed by atoms with Crippen molar-refractivity contribution in [1.29, 1.82) is 0 Å². The van der Waals surface area contributed by atoms with Gasteiger partial charge in [-0.05, 0) is 49.2 Å². The molecule has 2 amide bonds. The summed E-state index contributed by atoms with van der Waals surface area (Å²) in [5, 5.41) is 9.35. The molecule has 0 bridgehead atoms. The van der Waals surface area contributed by atoms with Gasteiger partial charge in [-0.3, -0.25) is 9.59 Å². The lowest BCUT2D eigenvalue weighted by atomic mass is 10.1. The molecule has 0 atom stereocenters. The summed E-state index contributed by atoms with van der Waals surface area (Å²) in [5.74, 6) is -0.312. The van der Waals surface area contributed by atoms with Gasteiger partial charge in [0.2, 0.25) is 5.91 Å². The van der Waals surface area contributed by atoms with Gasteiger partial charge in [0.05, 0.1) is 12.1 Å². The summed E-state index contributed by atoms with van der Waals surface area (Å²) in [6, 6.07) is 14.3. The molecule has 1 fully saturated rings. The number of amides is 2. The van der Waals surface area contributed by atoms with Crippen molar-refractivity contribution in [3.05, 3.63) is 59.1 Å². The van der Waals surface area contributed by atoms with Crippen LogP contribution in [-0.2, 0) is 4.79 Å². The Morgan fingerprint density at radius 3 is 2.46 bits per heavy atom. The zero-order chi connectivity index (χ0) is 16.9. The molecule has 1 aliphatic rings. The van der Waals surface area contributed by atoms with E-state index in [1.165, 1.54) is 0 Å². The lowest BCUT2D eigenvalue weighted by Gasteiger charge is -2.12. The summed E-state index contributed by atoms with van der Waals surface area (Å²) < 4.78 is 0. The number of benzene rings is 2. The molecule has 0 aromatic heterocycles. The van der Waals surface area contributed by atoms with E-state index in [0.29, 0.717) is 28.0 Å². The van der Waals surface area contributed by atoms with Crippen molar-refractivity contribution in [2.45, 2.75) is 18.9 Å². The van der Waals surface area contributed by atoms with Crippen molar-refractivity contribution >= 4 is 34.8 Å². The zero-order valence-corrected chi connectivity index (χ0v) is 13.8. The number of anilines is 2. The van der Waals surface area contributed by atoms with Crippen LogP contribution in [0.15, 0.2) is 48.5 Å². The van der Waals surface area contributed by atoms with E-state index in [9.17, 15) is 9.59 Å². The van der Waals surface area contributed by atoms with E-state index in [1.54, 1.807) is 42.5 Å². The molecule has 0 aliphatic heterocycles. The number of rotatable bonds is 6. The Morgan fingerprint density at radius 1 is 1.04 bits per heavy atom. The molecule has 0 radical (unpaired) electrons. The van der Waals surface area contributed by atoms with E-state index in [1.807, 2.05) is 6.07 Å². The Bertz CT molecular complexity index is 742. The maximum atomic E-state index is 12.2. The highest BCUT2D eigenvalue weighted by molar-refractivity contribution is 6.30. The van der Waals surface area contributed by atoms with Crippen LogP contribution in [0, 0.1) is 0 Å². The number of hydrogen-bond donors (Lipinski definition) is 3. The van der Waals surface area contributed by atoms with E-state index in [0.717, 1.165) is 12.8 Å². The number of hydrogen-bond acceptors (Lipinski definition) is 3. The summed E-state index contributed by atoms with van der Waals surface area (Å²) in [4.78, 5) is 24.3. The number of carbonyl (C=O) groups excluding carboxylic acids is 2. The van der Waals surface area contributed by atoms with Crippen molar-refractivity contribution in [3.8, 4) is 0 Å². The van der Waals surface area contributed by atoms with E-state index >= 15 is 0 Å². The minimum absolute atomic E-state index is 0.0658. The fourth-order valence-corrected chi connectivity index (χ4v) is 2.37. The second-order valence-corrected chi connectivity index (χ2v) is 6.14. The minimum Gasteiger partial charge on any atom is -0.376 e. The molecular formula is C18H18ClN3O2. The van der Waals surface area contributed by atoms with Crippen LogP contribution in [0.25, 0.3) is 0 Å². The Hall–Kier alpha value is -2.53. The number of nitrogens with one attached hydrogen (secondary N) is 3. The quantitative estimate of drug-likeness (QED) is 0.753. The third kappa shape index (κ3) is 4.49. The van der Waals surface area contributed by atoms with Gasteiger partial charge in [0, 0.05) is 22.4 Å². The Kier molecular flexibility index (Phi) is 5.01. The van der Waals surface area contributed by atoms with Gasteiger partial charge in [-0.2, -0.15) is 0 Å². The molecule has 5 nitrogen and oxygen atoms in total. The highest BCUT2D eigenvalue weighted by atomic mass is 35.5. The van der Waals surface area contributed by atoms with Gasteiger partial charge in [0.15, 0.2) is 0 Å². The SMILES string of the molecule is O=C(CNc1ccccc1C(=O)NC1CC1)Nc1ccc(Cl)cc1. The molecule has 124 valence electrons. The van der Waals surface area contributed by atoms with Gasteiger partial charge >= 0.3 is 0 Å². The van der Waals surface area contributed by atoms with Crippen LogP contribution >= 0.6 is 11.6 Å². The van der Waals surface area contributed by atoms with Crippen LogP contribution in [-0.4, -0.2) is 24.4 Å². The van der Waals surface area contributed by atoms with Gasteiger partial charge in [0.25, 0.3) is 5.91 Å². The summed E-state index contributed by atoms with van der Waals surface area (Å²) in [7, 11) is 0. The second kappa shape index (κ2) is 7.36. The van der Waals surface area contributed by atoms with E-state index in [-0.39, 0.29) is 18.4 Å². The van der Waals surface area contributed by atoms with Crippen molar-refractivity contribution in [2.24, 2.45) is 0 Å².